The fourth-order valence-corrected chi connectivity index (χ4v) is 2.00. The van der Waals surface area contributed by atoms with E-state index in [1.165, 1.54) is 0 Å². The number of hydrogen-bond acceptors (Lipinski definition) is 2. The topological polar surface area (TPSA) is 21.3 Å². The van der Waals surface area contributed by atoms with Crippen molar-refractivity contribution in [1.82, 2.24) is 5.32 Å². The van der Waals surface area contributed by atoms with Gasteiger partial charge in [-0.1, -0.05) is 24.6 Å². The first-order valence-electron chi connectivity index (χ1n) is 6.22. The van der Waals surface area contributed by atoms with Crippen LogP contribution in [0, 0.1) is 11.6 Å². The van der Waals surface area contributed by atoms with E-state index < -0.39 is 11.6 Å². The Balaban J connectivity index is 2.30. The van der Waals surface area contributed by atoms with Crippen LogP contribution >= 0.6 is 11.6 Å². The summed E-state index contributed by atoms with van der Waals surface area (Å²) in [6.07, 6.45) is 0. The molecule has 0 heterocycles. The van der Waals surface area contributed by atoms with Crippen molar-refractivity contribution in [2.24, 2.45) is 0 Å². The van der Waals surface area contributed by atoms with Crippen molar-refractivity contribution in [1.29, 1.82) is 0 Å². The molecule has 0 saturated carbocycles. The molecule has 2 aromatic carbocycles. The summed E-state index contributed by atoms with van der Waals surface area (Å²) < 4.78 is 31.9. The molecule has 0 radical (unpaired) electrons. The van der Waals surface area contributed by atoms with Gasteiger partial charge in [0.1, 0.15) is 23.1 Å². The van der Waals surface area contributed by atoms with Crippen molar-refractivity contribution in [2.45, 2.75) is 13.5 Å². The van der Waals surface area contributed by atoms with Crippen molar-refractivity contribution < 1.29 is 13.5 Å². The molecule has 0 spiro atoms. The first-order valence-corrected chi connectivity index (χ1v) is 6.60. The fourth-order valence-electron chi connectivity index (χ4n) is 1.77. The Bertz CT molecular complexity index is 584. The summed E-state index contributed by atoms with van der Waals surface area (Å²) in [6, 6.07) is 8.23. The van der Waals surface area contributed by atoms with Gasteiger partial charge in [-0.3, -0.25) is 0 Å². The quantitative estimate of drug-likeness (QED) is 0.876. The summed E-state index contributed by atoms with van der Waals surface area (Å²) in [5.41, 5.74) is 0.751. The predicted octanol–water partition coefficient (Wildman–Crippen LogP) is 4.52. The van der Waals surface area contributed by atoms with Crippen molar-refractivity contribution in [3.63, 3.8) is 0 Å². The van der Waals surface area contributed by atoms with Crippen molar-refractivity contribution in [3.8, 4) is 11.5 Å². The molecule has 0 aromatic heterocycles. The molecule has 0 atom stereocenters. The number of hydrogen-bond donors (Lipinski definition) is 1. The molecule has 2 rings (SSSR count). The van der Waals surface area contributed by atoms with Crippen LogP contribution in [0.5, 0.6) is 11.5 Å². The van der Waals surface area contributed by atoms with Crippen LogP contribution in [0.1, 0.15) is 12.5 Å². The second kappa shape index (κ2) is 6.68. The highest BCUT2D eigenvalue weighted by Gasteiger charge is 2.10. The molecule has 0 saturated heterocycles. The zero-order valence-electron chi connectivity index (χ0n) is 10.9. The Labute approximate surface area is 121 Å². The molecule has 0 aliphatic rings. The monoisotopic (exact) mass is 297 g/mol. The SMILES string of the molecule is CCNCc1c(Cl)cccc1Oc1cc(F)cc(F)c1. The Hall–Kier alpha value is -1.65. The summed E-state index contributed by atoms with van der Waals surface area (Å²) in [4.78, 5) is 0. The second-order valence-electron chi connectivity index (χ2n) is 4.20. The molecule has 0 bridgehead atoms. The van der Waals surface area contributed by atoms with Gasteiger partial charge in [0, 0.05) is 35.3 Å². The molecule has 106 valence electrons. The first kappa shape index (κ1) is 14.8. The van der Waals surface area contributed by atoms with Crippen LogP contribution in [-0.2, 0) is 6.54 Å². The zero-order chi connectivity index (χ0) is 14.5. The van der Waals surface area contributed by atoms with Crippen molar-refractivity contribution in [2.75, 3.05) is 6.54 Å². The van der Waals surface area contributed by atoms with Crippen LogP contribution in [0.3, 0.4) is 0 Å². The Morgan fingerprint density at radius 1 is 1.15 bits per heavy atom. The average Bonchev–Trinajstić information content (AvgIpc) is 2.37. The molecule has 2 nitrogen and oxygen atoms in total. The van der Waals surface area contributed by atoms with Gasteiger partial charge in [0.15, 0.2) is 0 Å². The third-order valence-corrected chi connectivity index (χ3v) is 3.05. The second-order valence-corrected chi connectivity index (χ2v) is 4.61. The molecule has 1 N–H and O–H groups in total. The molecular formula is C15H14ClF2NO. The van der Waals surface area contributed by atoms with Crippen LogP contribution in [-0.4, -0.2) is 6.54 Å². The number of nitrogens with one attached hydrogen (secondary N) is 1. The summed E-state index contributed by atoms with van der Waals surface area (Å²) in [6.45, 7) is 3.27. The summed E-state index contributed by atoms with van der Waals surface area (Å²) in [5.74, 6) is -0.795. The Morgan fingerprint density at radius 2 is 1.85 bits per heavy atom. The molecule has 0 amide bonds. The van der Waals surface area contributed by atoms with E-state index in [-0.39, 0.29) is 5.75 Å². The third kappa shape index (κ3) is 3.68. The largest absolute Gasteiger partial charge is 0.457 e. The van der Waals surface area contributed by atoms with Gasteiger partial charge >= 0.3 is 0 Å². The lowest BCUT2D eigenvalue weighted by molar-refractivity contribution is 0.460. The minimum absolute atomic E-state index is 0.0996. The van der Waals surface area contributed by atoms with Gasteiger partial charge < -0.3 is 10.1 Å². The maximum atomic E-state index is 13.2. The highest BCUT2D eigenvalue weighted by Crippen LogP contribution is 2.31. The third-order valence-electron chi connectivity index (χ3n) is 2.69. The molecule has 0 aliphatic heterocycles. The highest BCUT2D eigenvalue weighted by atomic mass is 35.5. The van der Waals surface area contributed by atoms with Gasteiger partial charge in [-0.15, -0.1) is 0 Å². The standard InChI is InChI=1S/C15H14ClF2NO/c1-2-19-9-13-14(16)4-3-5-15(13)20-12-7-10(17)6-11(18)8-12/h3-8,19H,2,9H2,1H3. The van der Waals surface area contributed by atoms with Crippen LogP contribution in [0.15, 0.2) is 36.4 Å². The summed E-state index contributed by atoms with van der Waals surface area (Å²) >= 11 is 6.13. The van der Waals surface area contributed by atoms with Crippen LogP contribution in [0.2, 0.25) is 5.02 Å². The van der Waals surface area contributed by atoms with Gasteiger partial charge in [0.2, 0.25) is 0 Å². The van der Waals surface area contributed by atoms with E-state index in [4.69, 9.17) is 16.3 Å². The van der Waals surface area contributed by atoms with Gasteiger partial charge in [-0.2, -0.15) is 0 Å². The fraction of sp³-hybridized carbons (Fsp3) is 0.200. The van der Waals surface area contributed by atoms with Gasteiger partial charge in [0.25, 0.3) is 0 Å². The van der Waals surface area contributed by atoms with E-state index in [0.717, 1.165) is 30.3 Å². The predicted molar refractivity (Wildman–Crippen MR) is 75.3 cm³/mol. The van der Waals surface area contributed by atoms with E-state index in [9.17, 15) is 8.78 Å². The van der Waals surface area contributed by atoms with Gasteiger partial charge in [0.05, 0.1) is 0 Å². The smallest absolute Gasteiger partial charge is 0.133 e. The zero-order valence-corrected chi connectivity index (χ0v) is 11.7. The van der Waals surface area contributed by atoms with E-state index in [2.05, 4.69) is 5.32 Å². The minimum atomic E-state index is -0.685. The lowest BCUT2D eigenvalue weighted by Gasteiger charge is -2.13. The molecular weight excluding hydrogens is 284 g/mol. The number of ether oxygens (including phenoxy) is 1. The molecule has 2 aromatic rings. The molecule has 0 aliphatic carbocycles. The lowest BCUT2D eigenvalue weighted by atomic mass is 10.2. The molecule has 20 heavy (non-hydrogen) atoms. The summed E-state index contributed by atoms with van der Waals surface area (Å²) in [5, 5.41) is 3.68. The maximum Gasteiger partial charge on any atom is 0.133 e. The van der Waals surface area contributed by atoms with Crippen molar-refractivity contribution in [3.05, 3.63) is 58.6 Å². The average molecular weight is 298 g/mol. The van der Waals surface area contributed by atoms with Crippen LogP contribution in [0.4, 0.5) is 8.78 Å². The van der Waals surface area contributed by atoms with E-state index >= 15 is 0 Å². The molecule has 5 heteroatoms. The van der Waals surface area contributed by atoms with E-state index in [1.807, 2.05) is 6.92 Å². The van der Waals surface area contributed by atoms with E-state index in [1.54, 1.807) is 18.2 Å². The minimum Gasteiger partial charge on any atom is -0.457 e. The summed E-state index contributed by atoms with van der Waals surface area (Å²) in [7, 11) is 0. The first-order chi connectivity index (χ1) is 9.60. The van der Waals surface area contributed by atoms with Crippen molar-refractivity contribution >= 4 is 11.6 Å². The lowest BCUT2D eigenvalue weighted by Crippen LogP contribution is -2.12. The Morgan fingerprint density at radius 3 is 2.50 bits per heavy atom. The molecule has 0 unspecified atom stereocenters. The van der Waals surface area contributed by atoms with Crippen LogP contribution in [0.25, 0.3) is 0 Å². The number of halogens is 3. The number of benzene rings is 2. The van der Waals surface area contributed by atoms with Gasteiger partial charge in [-0.05, 0) is 18.7 Å². The Kier molecular flexibility index (Phi) is 4.93. The highest BCUT2D eigenvalue weighted by molar-refractivity contribution is 6.31. The van der Waals surface area contributed by atoms with E-state index in [0.29, 0.717) is 17.3 Å². The molecule has 0 fully saturated rings. The number of rotatable bonds is 5. The normalized spacial score (nSPS) is 10.6. The van der Waals surface area contributed by atoms with Crippen LogP contribution < -0.4 is 10.1 Å². The van der Waals surface area contributed by atoms with Gasteiger partial charge in [-0.25, -0.2) is 8.78 Å². The maximum absolute atomic E-state index is 13.2.